The van der Waals surface area contributed by atoms with Crippen LogP contribution in [0.25, 0.3) is 0 Å². The molecule has 2 aliphatic rings. The number of rotatable bonds is 7. The maximum absolute atomic E-state index is 12.8. The highest BCUT2D eigenvalue weighted by molar-refractivity contribution is 5.97. The van der Waals surface area contributed by atoms with Gasteiger partial charge in [-0.15, -0.1) is 12.4 Å². The van der Waals surface area contributed by atoms with E-state index >= 15 is 0 Å². The third-order valence-corrected chi connectivity index (χ3v) is 4.74. The van der Waals surface area contributed by atoms with Crippen LogP contribution in [0.15, 0.2) is 24.3 Å². The van der Waals surface area contributed by atoms with Gasteiger partial charge in [-0.3, -0.25) is 9.59 Å². The molecule has 2 amide bonds. The van der Waals surface area contributed by atoms with E-state index in [0.717, 1.165) is 12.5 Å². The van der Waals surface area contributed by atoms with Crippen LogP contribution in [0.3, 0.4) is 0 Å². The summed E-state index contributed by atoms with van der Waals surface area (Å²) < 4.78 is 5.56. The summed E-state index contributed by atoms with van der Waals surface area (Å²) >= 11 is 0. The number of para-hydroxylation sites is 1. The monoisotopic (exact) mass is 381 g/mol. The molecule has 0 unspecified atom stereocenters. The minimum atomic E-state index is -0.0250. The van der Waals surface area contributed by atoms with Gasteiger partial charge in [0.1, 0.15) is 5.75 Å². The molecule has 1 aromatic carbocycles. The molecular formula is C19H28ClN3O3. The van der Waals surface area contributed by atoms with E-state index in [2.05, 4.69) is 5.32 Å². The Morgan fingerprint density at radius 3 is 2.42 bits per heavy atom. The predicted octanol–water partition coefficient (Wildman–Crippen LogP) is 1.79. The SMILES string of the molecule is CCOc1ccccc1C(=O)N1CCN(C(=O)CNCC2CC2)CC1.Cl. The zero-order chi connectivity index (χ0) is 17.6. The molecule has 1 saturated carbocycles. The number of hydrogen-bond donors (Lipinski definition) is 1. The van der Waals surface area contributed by atoms with Crippen LogP contribution >= 0.6 is 12.4 Å². The van der Waals surface area contributed by atoms with Crippen LogP contribution in [-0.2, 0) is 4.79 Å². The molecule has 3 rings (SSSR count). The zero-order valence-corrected chi connectivity index (χ0v) is 16.1. The van der Waals surface area contributed by atoms with Gasteiger partial charge < -0.3 is 19.9 Å². The number of carbonyl (C=O) groups is 2. The van der Waals surface area contributed by atoms with E-state index < -0.39 is 0 Å². The fourth-order valence-corrected chi connectivity index (χ4v) is 3.07. The number of nitrogens with one attached hydrogen (secondary N) is 1. The van der Waals surface area contributed by atoms with Crippen molar-refractivity contribution in [3.05, 3.63) is 29.8 Å². The summed E-state index contributed by atoms with van der Waals surface area (Å²) in [7, 11) is 0. The second kappa shape index (κ2) is 9.78. The van der Waals surface area contributed by atoms with Gasteiger partial charge in [0.2, 0.25) is 5.91 Å². The van der Waals surface area contributed by atoms with Gasteiger partial charge in [0.05, 0.1) is 18.7 Å². The Morgan fingerprint density at radius 1 is 1.12 bits per heavy atom. The first-order valence-corrected chi connectivity index (χ1v) is 9.18. The third-order valence-electron chi connectivity index (χ3n) is 4.74. The number of nitrogens with zero attached hydrogens (tertiary/aromatic N) is 2. The van der Waals surface area contributed by atoms with Crippen LogP contribution in [0.1, 0.15) is 30.1 Å². The van der Waals surface area contributed by atoms with Gasteiger partial charge in [-0.05, 0) is 44.4 Å². The minimum absolute atomic E-state index is 0. The molecule has 0 bridgehead atoms. The van der Waals surface area contributed by atoms with Crippen molar-refractivity contribution in [2.75, 3.05) is 45.9 Å². The van der Waals surface area contributed by atoms with Gasteiger partial charge >= 0.3 is 0 Å². The Hall–Kier alpha value is -1.79. The lowest BCUT2D eigenvalue weighted by atomic mass is 10.1. The maximum Gasteiger partial charge on any atom is 0.257 e. The molecule has 2 fully saturated rings. The summed E-state index contributed by atoms with van der Waals surface area (Å²) in [6.07, 6.45) is 2.57. The van der Waals surface area contributed by atoms with E-state index in [0.29, 0.717) is 50.6 Å². The Balaban J connectivity index is 0.00000243. The first-order valence-electron chi connectivity index (χ1n) is 9.18. The van der Waals surface area contributed by atoms with Gasteiger partial charge in [0.25, 0.3) is 5.91 Å². The standard InChI is InChI=1S/C19H27N3O3.ClH/c1-2-25-17-6-4-3-5-16(17)19(24)22-11-9-21(10-12-22)18(23)14-20-13-15-7-8-15;/h3-6,15,20H,2,7-14H2,1H3;1H. The Bertz CT molecular complexity index is 614. The van der Waals surface area contributed by atoms with E-state index in [9.17, 15) is 9.59 Å². The van der Waals surface area contributed by atoms with E-state index in [4.69, 9.17) is 4.74 Å². The molecule has 1 aromatic rings. The van der Waals surface area contributed by atoms with E-state index in [1.807, 2.05) is 30.0 Å². The molecule has 0 spiro atoms. The third kappa shape index (κ3) is 5.35. The Kier molecular flexibility index (Phi) is 7.72. The van der Waals surface area contributed by atoms with Crippen molar-refractivity contribution in [3.8, 4) is 5.75 Å². The van der Waals surface area contributed by atoms with E-state index in [1.165, 1.54) is 12.8 Å². The van der Waals surface area contributed by atoms with Crippen molar-refractivity contribution in [1.82, 2.24) is 15.1 Å². The number of benzene rings is 1. The quantitative estimate of drug-likeness (QED) is 0.782. The smallest absolute Gasteiger partial charge is 0.257 e. The molecule has 1 aliphatic carbocycles. The number of halogens is 1. The van der Waals surface area contributed by atoms with Crippen LogP contribution in [0.5, 0.6) is 5.75 Å². The van der Waals surface area contributed by atoms with Crippen LogP contribution in [0.4, 0.5) is 0 Å². The predicted molar refractivity (Wildman–Crippen MR) is 103 cm³/mol. The molecule has 1 saturated heterocycles. The number of amides is 2. The molecule has 144 valence electrons. The van der Waals surface area contributed by atoms with E-state index in [1.54, 1.807) is 11.0 Å². The van der Waals surface area contributed by atoms with Crippen LogP contribution in [0.2, 0.25) is 0 Å². The summed E-state index contributed by atoms with van der Waals surface area (Å²) in [4.78, 5) is 28.6. The van der Waals surface area contributed by atoms with E-state index in [-0.39, 0.29) is 24.2 Å². The Labute approximate surface area is 161 Å². The summed E-state index contributed by atoms with van der Waals surface area (Å²) in [5.41, 5.74) is 0.593. The number of hydrogen-bond acceptors (Lipinski definition) is 4. The van der Waals surface area contributed by atoms with Crippen LogP contribution < -0.4 is 10.1 Å². The first kappa shape index (κ1) is 20.5. The van der Waals surface area contributed by atoms with Crippen LogP contribution in [0, 0.1) is 5.92 Å². The molecule has 1 aliphatic heterocycles. The minimum Gasteiger partial charge on any atom is -0.493 e. The largest absolute Gasteiger partial charge is 0.493 e. The average molecular weight is 382 g/mol. The summed E-state index contributed by atoms with van der Waals surface area (Å²) in [5.74, 6) is 1.50. The van der Waals surface area contributed by atoms with Gasteiger partial charge in [0.15, 0.2) is 0 Å². The second-order valence-corrected chi connectivity index (χ2v) is 6.68. The molecular weight excluding hydrogens is 354 g/mol. The number of carbonyl (C=O) groups excluding carboxylic acids is 2. The first-order chi connectivity index (χ1) is 12.2. The Morgan fingerprint density at radius 2 is 1.77 bits per heavy atom. The number of piperazine rings is 1. The van der Waals surface area contributed by atoms with Crippen molar-refractivity contribution < 1.29 is 14.3 Å². The lowest BCUT2D eigenvalue weighted by Gasteiger charge is -2.35. The van der Waals surface area contributed by atoms with Crippen molar-refractivity contribution in [1.29, 1.82) is 0 Å². The van der Waals surface area contributed by atoms with Crippen LogP contribution in [-0.4, -0.2) is 67.5 Å². The zero-order valence-electron chi connectivity index (χ0n) is 15.3. The average Bonchev–Trinajstić information content (AvgIpc) is 3.46. The second-order valence-electron chi connectivity index (χ2n) is 6.68. The molecule has 1 N–H and O–H groups in total. The van der Waals surface area contributed by atoms with Crippen molar-refractivity contribution in [2.24, 2.45) is 5.92 Å². The lowest BCUT2D eigenvalue weighted by Crippen LogP contribution is -2.52. The summed E-state index contributed by atoms with van der Waals surface area (Å²) in [6, 6.07) is 7.34. The van der Waals surface area contributed by atoms with Gasteiger partial charge in [-0.2, -0.15) is 0 Å². The topological polar surface area (TPSA) is 61.9 Å². The fourth-order valence-electron chi connectivity index (χ4n) is 3.07. The lowest BCUT2D eigenvalue weighted by molar-refractivity contribution is -0.131. The highest BCUT2D eigenvalue weighted by Gasteiger charge is 2.26. The highest BCUT2D eigenvalue weighted by Crippen LogP contribution is 2.27. The maximum atomic E-state index is 12.8. The van der Waals surface area contributed by atoms with Gasteiger partial charge in [0, 0.05) is 26.2 Å². The molecule has 26 heavy (non-hydrogen) atoms. The summed E-state index contributed by atoms with van der Waals surface area (Å²) in [5, 5.41) is 3.24. The van der Waals surface area contributed by atoms with Crippen molar-refractivity contribution >= 4 is 24.2 Å². The number of ether oxygens (including phenoxy) is 1. The van der Waals surface area contributed by atoms with Crippen molar-refractivity contribution in [3.63, 3.8) is 0 Å². The molecule has 0 aromatic heterocycles. The normalized spacial score (nSPS) is 16.8. The molecule has 0 atom stereocenters. The van der Waals surface area contributed by atoms with Crippen molar-refractivity contribution in [2.45, 2.75) is 19.8 Å². The fraction of sp³-hybridized carbons (Fsp3) is 0.579. The highest BCUT2D eigenvalue weighted by atomic mass is 35.5. The van der Waals surface area contributed by atoms with Gasteiger partial charge in [-0.1, -0.05) is 12.1 Å². The molecule has 6 nitrogen and oxygen atoms in total. The molecule has 7 heteroatoms. The summed E-state index contributed by atoms with van der Waals surface area (Å²) in [6.45, 7) is 6.08. The molecule has 0 radical (unpaired) electrons. The van der Waals surface area contributed by atoms with Gasteiger partial charge in [-0.25, -0.2) is 0 Å². The molecule has 1 heterocycles.